The first-order chi connectivity index (χ1) is 6.75. The predicted octanol–water partition coefficient (Wildman–Crippen LogP) is 1.06. The molecule has 0 saturated heterocycles. The molecule has 0 bridgehead atoms. The molecule has 14 heavy (non-hydrogen) atoms. The molecule has 5 heteroatoms. The normalized spacial score (nSPS) is 10.4. The van der Waals surface area contributed by atoms with E-state index in [1.165, 1.54) is 0 Å². The summed E-state index contributed by atoms with van der Waals surface area (Å²) in [6.07, 6.45) is 3.73. The van der Waals surface area contributed by atoms with E-state index in [4.69, 9.17) is 0 Å². The highest BCUT2D eigenvalue weighted by molar-refractivity contribution is 5.33. The number of rotatable bonds is 3. The van der Waals surface area contributed by atoms with Gasteiger partial charge in [-0.25, -0.2) is 0 Å². The monoisotopic (exact) mass is 191 g/mol. The lowest BCUT2D eigenvalue weighted by atomic mass is 10.3. The Kier molecular flexibility index (Phi) is 2.22. The molecule has 0 aliphatic rings. The van der Waals surface area contributed by atoms with Gasteiger partial charge in [-0.3, -0.25) is 9.78 Å². The number of aryl methyl sites for hydroxylation is 2. The van der Waals surface area contributed by atoms with Crippen molar-refractivity contribution >= 4 is 5.82 Å². The highest BCUT2D eigenvalue weighted by atomic mass is 15.3. The zero-order valence-electron chi connectivity index (χ0n) is 8.28. The lowest BCUT2D eigenvalue weighted by Crippen LogP contribution is -2.01. The zero-order chi connectivity index (χ0) is 9.97. The summed E-state index contributed by atoms with van der Waals surface area (Å²) in [5.74, 6) is 0.883. The van der Waals surface area contributed by atoms with Gasteiger partial charge in [0.25, 0.3) is 0 Å². The van der Waals surface area contributed by atoms with E-state index in [9.17, 15) is 0 Å². The van der Waals surface area contributed by atoms with E-state index >= 15 is 0 Å². The molecule has 0 fully saturated rings. The molecule has 0 unspecified atom stereocenters. The molecule has 2 aromatic rings. The van der Waals surface area contributed by atoms with E-state index in [2.05, 4.69) is 20.6 Å². The van der Waals surface area contributed by atoms with Gasteiger partial charge in [0.15, 0.2) is 0 Å². The van der Waals surface area contributed by atoms with Gasteiger partial charge in [0.2, 0.25) is 0 Å². The first kappa shape index (κ1) is 8.80. The molecule has 2 N–H and O–H groups in total. The molecule has 2 rings (SSSR count). The lowest BCUT2D eigenvalue weighted by molar-refractivity contribution is 0.768. The quantitative estimate of drug-likeness (QED) is 0.762. The summed E-state index contributed by atoms with van der Waals surface area (Å²) in [5.41, 5.74) is 2.25. The highest BCUT2D eigenvalue weighted by Crippen LogP contribution is 2.07. The van der Waals surface area contributed by atoms with Gasteiger partial charge in [0, 0.05) is 37.1 Å². The van der Waals surface area contributed by atoms with E-state index in [1.54, 1.807) is 4.68 Å². The van der Waals surface area contributed by atoms with E-state index in [0.717, 1.165) is 23.6 Å². The van der Waals surface area contributed by atoms with Crippen LogP contribution >= 0.6 is 0 Å². The molecule has 0 aliphatic heterocycles. The molecule has 0 spiro atoms. The third kappa shape index (κ3) is 1.76. The second-order valence-electron chi connectivity index (χ2n) is 3.25. The van der Waals surface area contributed by atoms with Crippen LogP contribution in [-0.4, -0.2) is 20.0 Å². The van der Waals surface area contributed by atoms with Crippen LogP contribution in [0.2, 0.25) is 0 Å². The van der Waals surface area contributed by atoms with Crippen LogP contribution in [-0.2, 0) is 13.6 Å². The van der Waals surface area contributed by atoms with Gasteiger partial charge in [0.05, 0.1) is 6.20 Å². The van der Waals surface area contributed by atoms with Crippen LogP contribution < -0.4 is 5.32 Å². The van der Waals surface area contributed by atoms with Crippen molar-refractivity contribution in [2.45, 2.75) is 13.5 Å². The van der Waals surface area contributed by atoms with Crippen LogP contribution in [0, 0.1) is 6.92 Å². The van der Waals surface area contributed by atoms with Crippen molar-refractivity contribution in [2.75, 3.05) is 5.32 Å². The summed E-state index contributed by atoms with van der Waals surface area (Å²) in [6.45, 7) is 2.75. The third-order valence-electron chi connectivity index (χ3n) is 2.11. The molecule has 0 atom stereocenters. The van der Waals surface area contributed by atoms with Crippen LogP contribution in [0.4, 0.5) is 5.82 Å². The van der Waals surface area contributed by atoms with Crippen molar-refractivity contribution in [3.8, 4) is 0 Å². The maximum Gasteiger partial charge on any atom is 0.148 e. The Labute approximate surface area is 82.1 Å². The van der Waals surface area contributed by atoms with Gasteiger partial charge in [-0.2, -0.15) is 10.2 Å². The van der Waals surface area contributed by atoms with Gasteiger partial charge in [0.1, 0.15) is 5.82 Å². The van der Waals surface area contributed by atoms with Gasteiger partial charge in [-0.15, -0.1) is 0 Å². The Morgan fingerprint density at radius 1 is 1.57 bits per heavy atom. The van der Waals surface area contributed by atoms with Crippen molar-refractivity contribution in [2.24, 2.45) is 7.05 Å². The van der Waals surface area contributed by atoms with Gasteiger partial charge >= 0.3 is 0 Å². The molecular formula is C9H13N5. The number of aromatic nitrogens is 4. The molecule has 0 amide bonds. The highest BCUT2D eigenvalue weighted by Gasteiger charge is 2.00. The Morgan fingerprint density at radius 2 is 2.43 bits per heavy atom. The number of aromatic amines is 1. The Morgan fingerprint density at radius 3 is 3.00 bits per heavy atom. The molecule has 0 radical (unpaired) electrons. The minimum absolute atomic E-state index is 0.749. The smallest absolute Gasteiger partial charge is 0.148 e. The fraction of sp³-hybridized carbons (Fsp3) is 0.333. The van der Waals surface area contributed by atoms with Crippen molar-refractivity contribution in [3.05, 3.63) is 29.7 Å². The minimum Gasteiger partial charge on any atom is -0.364 e. The van der Waals surface area contributed by atoms with Gasteiger partial charge in [-0.1, -0.05) is 0 Å². The summed E-state index contributed by atoms with van der Waals surface area (Å²) >= 11 is 0. The number of nitrogens with one attached hydrogen (secondary N) is 2. The second kappa shape index (κ2) is 3.53. The average Bonchev–Trinajstić information content (AvgIpc) is 2.72. The molecule has 74 valence electrons. The van der Waals surface area contributed by atoms with E-state index in [-0.39, 0.29) is 0 Å². The summed E-state index contributed by atoms with van der Waals surface area (Å²) in [4.78, 5) is 0. The fourth-order valence-corrected chi connectivity index (χ4v) is 1.25. The van der Waals surface area contributed by atoms with Crippen LogP contribution in [0.3, 0.4) is 0 Å². The SMILES string of the molecule is Cc1[nH]ncc1CNc1ccn(C)n1. The molecule has 0 aliphatic carbocycles. The largest absolute Gasteiger partial charge is 0.364 e. The second-order valence-corrected chi connectivity index (χ2v) is 3.25. The standard InChI is InChI=1S/C9H13N5/c1-7-8(6-11-12-7)5-10-9-3-4-14(2)13-9/h3-4,6H,5H2,1-2H3,(H,10,13)(H,11,12). The maximum absolute atomic E-state index is 4.21. The van der Waals surface area contributed by atoms with Crippen molar-refractivity contribution < 1.29 is 0 Å². The van der Waals surface area contributed by atoms with Crippen molar-refractivity contribution in [1.29, 1.82) is 0 Å². The zero-order valence-corrected chi connectivity index (χ0v) is 8.28. The molecular weight excluding hydrogens is 178 g/mol. The Balaban J connectivity index is 1.98. The topological polar surface area (TPSA) is 58.5 Å². The lowest BCUT2D eigenvalue weighted by Gasteiger charge is -2.00. The van der Waals surface area contributed by atoms with E-state index in [1.807, 2.05) is 32.4 Å². The van der Waals surface area contributed by atoms with Crippen molar-refractivity contribution in [3.63, 3.8) is 0 Å². The minimum atomic E-state index is 0.749. The molecule has 5 nitrogen and oxygen atoms in total. The third-order valence-corrected chi connectivity index (χ3v) is 2.11. The molecule has 2 heterocycles. The van der Waals surface area contributed by atoms with Gasteiger partial charge in [-0.05, 0) is 6.92 Å². The molecule has 0 aromatic carbocycles. The average molecular weight is 191 g/mol. The van der Waals surface area contributed by atoms with Gasteiger partial charge < -0.3 is 5.32 Å². The van der Waals surface area contributed by atoms with E-state index in [0.29, 0.717) is 0 Å². The summed E-state index contributed by atoms with van der Waals surface area (Å²) in [7, 11) is 1.90. The number of anilines is 1. The summed E-state index contributed by atoms with van der Waals surface area (Å²) < 4.78 is 1.77. The number of hydrogen-bond donors (Lipinski definition) is 2. The maximum atomic E-state index is 4.21. The Bertz CT molecular complexity index is 414. The Hall–Kier alpha value is -1.78. The summed E-state index contributed by atoms with van der Waals surface area (Å²) in [6, 6.07) is 1.94. The van der Waals surface area contributed by atoms with E-state index < -0.39 is 0 Å². The number of nitrogens with zero attached hydrogens (tertiary/aromatic N) is 3. The van der Waals surface area contributed by atoms with Crippen LogP contribution in [0.5, 0.6) is 0 Å². The van der Waals surface area contributed by atoms with Crippen molar-refractivity contribution in [1.82, 2.24) is 20.0 Å². The number of hydrogen-bond acceptors (Lipinski definition) is 3. The first-order valence-electron chi connectivity index (χ1n) is 4.48. The van der Waals surface area contributed by atoms with Crippen LogP contribution in [0.1, 0.15) is 11.3 Å². The molecule has 0 saturated carbocycles. The van der Waals surface area contributed by atoms with Crippen LogP contribution in [0.15, 0.2) is 18.5 Å². The predicted molar refractivity (Wildman–Crippen MR) is 53.9 cm³/mol. The summed E-state index contributed by atoms with van der Waals surface area (Å²) in [5, 5.41) is 14.3. The fourth-order valence-electron chi connectivity index (χ4n) is 1.25. The van der Waals surface area contributed by atoms with Crippen LogP contribution in [0.25, 0.3) is 0 Å². The molecule has 2 aromatic heterocycles. The first-order valence-corrected chi connectivity index (χ1v) is 4.48. The number of H-pyrrole nitrogens is 1.